The number of aryl methyl sites for hydroxylation is 2. The fraction of sp³-hybridized carbons (Fsp3) is 0.455. The molecule has 0 atom stereocenters. The Bertz CT molecular complexity index is 515. The predicted octanol–water partition coefficient (Wildman–Crippen LogP) is 6.33. The van der Waals surface area contributed by atoms with Crippen molar-refractivity contribution in [2.24, 2.45) is 0 Å². The summed E-state index contributed by atoms with van der Waals surface area (Å²) >= 11 is 0. The lowest BCUT2D eigenvalue weighted by Crippen LogP contribution is -2.01. The summed E-state index contributed by atoms with van der Waals surface area (Å²) in [6, 6.07) is 21.0. The average molecular weight is 374 g/mol. The molecule has 0 amide bonds. The van der Waals surface area contributed by atoms with Gasteiger partial charge in [0.05, 0.1) is 19.8 Å². The molecular weight excluding hydrogens is 343 g/mol. The van der Waals surface area contributed by atoms with Crippen LogP contribution in [0.2, 0.25) is 0 Å². The first-order chi connectivity index (χ1) is 12.9. The van der Waals surface area contributed by atoms with E-state index in [1.165, 1.54) is 11.1 Å². The van der Waals surface area contributed by atoms with Crippen molar-refractivity contribution in [1.29, 1.82) is 0 Å². The van der Waals surface area contributed by atoms with Crippen LogP contribution in [-0.4, -0.2) is 19.8 Å². The maximum atomic E-state index is 5.88. The molecule has 0 aliphatic carbocycles. The van der Waals surface area contributed by atoms with Gasteiger partial charge in [-0.3, -0.25) is 0 Å². The van der Waals surface area contributed by atoms with E-state index >= 15 is 0 Å². The van der Waals surface area contributed by atoms with Gasteiger partial charge in [-0.2, -0.15) is 0 Å². The standard InChI is InChI=1S/C22H31O3P/c1-2-3-18-23-26(24-19-10-16-21-12-6-4-7-13-21)25-20-11-17-22-14-8-5-9-15-22/h4-9,12-15H,2-3,10-11,16-20H2,1H3. The normalized spacial score (nSPS) is 11.2. The molecule has 0 aromatic heterocycles. The predicted molar refractivity (Wildman–Crippen MR) is 109 cm³/mol. The van der Waals surface area contributed by atoms with Crippen molar-refractivity contribution in [1.82, 2.24) is 0 Å². The molecule has 2 aromatic rings. The molecule has 0 aliphatic heterocycles. The third-order valence-corrected chi connectivity index (χ3v) is 5.17. The van der Waals surface area contributed by atoms with Crippen molar-refractivity contribution in [2.45, 2.75) is 45.4 Å². The molecule has 3 nitrogen and oxygen atoms in total. The van der Waals surface area contributed by atoms with Gasteiger partial charge in [0.15, 0.2) is 0 Å². The second-order valence-corrected chi connectivity index (χ2v) is 7.48. The summed E-state index contributed by atoms with van der Waals surface area (Å²) in [5.41, 5.74) is 2.69. The minimum absolute atomic E-state index is 0.672. The molecule has 0 radical (unpaired) electrons. The summed E-state index contributed by atoms with van der Waals surface area (Å²) in [4.78, 5) is 0. The van der Waals surface area contributed by atoms with E-state index in [9.17, 15) is 0 Å². The van der Waals surface area contributed by atoms with E-state index in [-0.39, 0.29) is 0 Å². The van der Waals surface area contributed by atoms with Crippen LogP contribution in [0.3, 0.4) is 0 Å². The van der Waals surface area contributed by atoms with Gasteiger partial charge in [-0.25, -0.2) is 0 Å². The van der Waals surface area contributed by atoms with Crippen LogP contribution < -0.4 is 0 Å². The van der Waals surface area contributed by atoms with Crippen molar-refractivity contribution in [2.75, 3.05) is 19.8 Å². The van der Waals surface area contributed by atoms with Gasteiger partial charge in [0.2, 0.25) is 0 Å². The zero-order valence-corrected chi connectivity index (χ0v) is 16.7. The van der Waals surface area contributed by atoms with Crippen LogP contribution in [0, 0.1) is 0 Å². The number of hydrogen-bond acceptors (Lipinski definition) is 3. The second kappa shape index (κ2) is 13.9. The largest absolute Gasteiger partial charge is 0.332 e. The van der Waals surface area contributed by atoms with Crippen molar-refractivity contribution < 1.29 is 13.6 Å². The number of rotatable bonds is 14. The topological polar surface area (TPSA) is 27.7 Å². The first-order valence-electron chi connectivity index (χ1n) is 9.65. The van der Waals surface area contributed by atoms with Gasteiger partial charge in [-0.1, -0.05) is 74.0 Å². The second-order valence-electron chi connectivity index (χ2n) is 6.26. The van der Waals surface area contributed by atoms with E-state index in [0.29, 0.717) is 19.8 Å². The van der Waals surface area contributed by atoms with Gasteiger partial charge in [-0.05, 0) is 43.2 Å². The van der Waals surface area contributed by atoms with E-state index in [1.807, 2.05) is 12.1 Å². The monoisotopic (exact) mass is 374 g/mol. The summed E-state index contributed by atoms with van der Waals surface area (Å²) in [5, 5.41) is 0. The number of hydrogen-bond donors (Lipinski definition) is 0. The van der Waals surface area contributed by atoms with Crippen LogP contribution >= 0.6 is 8.60 Å². The molecule has 26 heavy (non-hydrogen) atoms. The quantitative estimate of drug-likeness (QED) is 0.286. The summed E-state index contributed by atoms with van der Waals surface area (Å²) in [6.07, 6.45) is 6.16. The Balaban J connectivity index is 1.63. The van der Waals surface area contributed by atoms with Crippen LogP contribution in [0.5, 0.6) is 0 Å². The van der Waals surface area contributed by atoms with Crippen molar-refractivity contribution in [3.63, 3.8) is 0 Å². The molecule has 2 rings (SSSR count). The zero-order valence-electron chi connectivity index (χ0n) is 15.8. The lowest BCUT2D eigenvalue weighted by atomic mass is 10.1. The summed E-state index contributed by atoms with van der Waals surface area (Å²) in [5.74, 6) is 0. The Labute approximate surface area is 159 Å². The van der Waals surface area contributed by atoms with Crippen molar-refractivity contribution in [3.8, 4) is 0 Å². The van der Waals surface area contributed by atoms with E-state index in [4.69, 9.17) is 13.6 Å². The molecule has 4 heteroatoms. The maximum Gasteiger partial charge on any atom is 0.332 e. The van der Waals surface area contributed by atoms with Crippen LogP contribution in [0.15, 0.2) is 60.7 Å². The molecule has 0 aliphatic rings. The Kier molecular flexibility index (Phi) is 11.2. The fourth-order valence-electron chi connectivity index (χ4n) is 2.52. The Morgan fingerprint density at radius 1 is 0.615 bits per heavy atom. The first kappa shape index (κ1) is 21.1. The van der Waals surface area contributed by atoms with Crippen molar-refractivity contribution in [3.05, 3.63) is 71.8 Å². The van der Waals surface area contributed by atoms with Crippen LogP contribution in [0.25, 0.3) is 0 Å². The Hall–Kier alpha value is -1.25. The highest BCUT2D eigenvalue weighted by Crippen LogP contribution is 2.40. The van der Waals surface area contributed by atoms with Gasteiger partial charge >= 0.3 is 8.60 Å². The fourth-order valence-corrected chi connectivity index (χ4v) is 3.57. The minimum atomic E-state index is -1.23. The Morgan fingerprint density at radius 3 is 1.46 bits per heavy atom. The molecule has 0 spiro atoms. The highest BCUT2D eigenvalue weighted by Gasteiger charge is 2.12. The molecule has 0 saturated heterocycles. The lowest BCUT2D eigenvalue weighted by molar-refractivity contribution is 0.156. The summed E-state index contributed by atoms with van der Waals surface area (Å²) in [6.45, 7) is 4.21. The van der Waals surface area contributed by atoms with E-state index in [1.54, 1.807) is 0 Å². The first-order valence-corrected chi connectivity index (χ1v) is 10.7. The molecule has 0 N–H and O–H groups in total. The van der Waals surface area contributed by atoms with Gasteiger partial charge in [0.25, 0.3) is 0 Å². The van der Waals surface area contributed by atoms with E-state index < -0.39 is 8.60 Å². The highest BCUT2D eigenvalue weighted by atomic mass is 31.2. The SMILES string of the molecule is CCCCOP(OCCCc1ccccc1)OCCCc1ccccc1. The molecular formula is C22H31O3P. The lowest BCUT2D eigenvalue weighted by Gasteiger charge is -2.16. The average Bonchev–Trinajstić information content (AvgIpc) is 2.69. The highest BCUT2D eigenvalue weighted by molar-refractivity contribution is 7.41. The zero-order chi connectivity index (χ0) is 18.3. The van der Waals surface area contributed by atoms with E-state index in [2.05, 4.69) is 55.5 Å². The van der Waals surface area contributed by atoms with Crippen molar-refractivity contribution >= 4 is 8.60 Å². The third kappa shape index (κ3) is 9.45. The number of unbranched alkanes of at least 4 members (excludes halogenated alkanes) is 1. The minimum Gasteiger partial charge on any atom is -0.312 e. The molecule has 0 heterocycles. The number of benzene rings is 2. The smallest absolute Gasteiger partial charge is 0.312 e. The van der Waals surface area contributed by atoms with Gasteiger partial charge in [-0.15, -0.1) is 0 Å². The third-order valence-electron chi connectivity index (χ3n) is 3.99. The van der Waals surface area contributed by atoms with E-state index in [0.717, 1.165) is 38.5 Å². The molecule has 0 bridgehead atoms. The summed E-state index contributed by atoms with van der Waals surface area (Å²) in [7, 11) is -1.23. The summed E-state index contributed by atoms with van der Waals surface area (Å²) < 4.78 is 17.6. The Morgan fingerprint density at radius 2 is 1.04 bits per heavy atom. The molecule has 0 saturated carbocycles. The van der Waals surface area contributed by atoms with Crippen LogP contribution in [0.1, 0.15) is 43.7 Å². The van der Waals surface area contributed by atoms with Crippen LogP contribution in [-0.2, 0) is 26.4 Å². The van der Waals surface area contributed by atoms with Gasteiger partial charge < -0.3 is 13.6 Å². The molecule has 2 aromatic carbocycles. The molecule has 0 fully saturated rings. The molecule has 142 valence electrons. The van der Waals surface area contributed by atoms with Crippen LogP contribution in [0.4, 0.5) is 0 Å². The van der Waals surface area contributed by atoms with Gasteiger partial charge in [0.1, 0.15) is 0 Å². The van der Waals surface area contributed by atoms with Gasteiger partial charge in [0, 0.05) is 0 Å². The maximum absolute atomic E-state index is 5.88. The molecule has 0 unspecified atom stereocenters.